The monoisotopic (exact) mass is 406 g/mol. The average molecular weight is 407 g/mol. The number of hydrogen-bond donors (Lipinski definition) is 2. The molecule has 6 nitrogen and oxygen atoms in total. The van der Waals surface area contributed by atoms with Gasteiger partial charge in [-0.1, -0.05) is 60.3 Å². The molecule has 0 aliphatic carbocycles. The number of aromatic amines is 1. The number of carbonyl (C=O) groups excluding carboxylic acids is 1. The van der Waals surface area contributed by atoms with Crippen molar-refractivity contribution in [3.05, 3.63) is 87.8 Å². The quantitative estimate of drug-likeness (QED) is 0.486. The molecule has 148 valence electrons. The molecule has 1 aromatic heterocycles. The highest BCUT2D eigenvalue weighted by atomic mass is 32.2. The number of nitrogens with one attached hydrogen (secondary N) is 2. The second kappa shape index (κ2) is 9.07. The van der Waals surface area contributed by atoms with Crippen molar-refractivity contribution in [1.29, 1.82) is 0 Å². The standard InChI is InChI=1S/C22H22N4O2S/c27-20(23-17-9-5-2-6-10-17)15-29-22-24-19-11-12-26(14-18(19)21(28)25-22)13-16-7-3-1-4-8-16/h1-10H,11-15H2,(H,23,27)(H,24,25,28). The first-order chi connectivity index (χ1) is 14.2. The van der Waals surface area contributed by atoms with Gasteiger partial charge < -0.3 is 10.3 Å². The molecule has 0 bridgehead atoms. The van der Waals surface area contributed by atoms with Crippen LogP contribution in [-0.4, -0.2) is 33.1 Å². The van der Waals surface area contributed by atoms with E-state index in [1.807, 2.05) is 48.5 Å². The normalized spacial score (nSPS) is 13.7. The molecule has 4 rings (SSSR count). The highest BCUT2D eigenvalue weighted by molar-refractivity contribution is 7.99. The molecule has 2 heterocycles. The summed E-state index contributed by atoms with van der Waals surface area (Å²) < 4.78 is 0. The van der Waals surface area contributed by atoms with Crippen LogP contribution in [0.15, 0.2) is 70.6 Å². The van der Waals surface area contributed by atoms with Crippen molar-refractivity contribution in [1.82, 2.24) is 14.9 Å². The van der Waals surface area contributed by atoms with E-state index < -0.39 is 0 Å². The summed E-state index contributed by atoms with van der Waals surface area (Å²) in [5.41, 5.74) is 3.44. The lowest BCUT2D eigenvalue weighted by molar-refractivity contribution is -0.113. The van der Waals surface area contributed by atoms with Crippen LogP contribution in [0.25, 0.3) is 0 Å². The summed E-state index contributed by atoms with van der Waals surface area (Å²) in [5.74, 6) is 0.0622. The van der Waals surface area contributed by atoms with Gasteiger partial charge in [0.05, 0.1) is 17.0 Å². The van der Waals surface area contributed by atoms with Crippen molar-refractivity contribution in [3.63, 3.8) is 0 Å². The molecule has 1 aliphatic heterocycles. The number of aromatic nitrogens is 2. The van der Waals surface area contributed by atoms with Crippen molar-refractivity contribution in [2.24, 2.45) is 0 Å². The summed E-state index contributed by atoms with van der Waals surface area (Å²) in [7, 11) is 0. The van der Waals surface area contributed by atoms with E-state index in [-0.39, 0.29) is 17.2 Å². The molecular weight excluding hydrogens is 384 g/mol. The van der Waals surface area contributed by atoms with Crippen LogP contribution in [0, 0.1) is 0 Å². The SMILES string of the molecule is O=C(CSc1nc2c(c(=O)[nH]1)CN(Cc1ccccc1)CC2)Nc1ccccc1. The second-order valence-corrected chi connectivity index (χ2v) is 7.91. The minimum absolute atomic E-state index is 0.112. The molecule has 0 atom stereocenters. The first-order valence-corrected chi connectivity index (χ1v) is 10.5. The number of amides is 1. The molecule has 2 N–H and O–H groups in total. The van der Waals surface area contributed by atoms with E-state index in [4.69, 9.17) is 0 Å². The summed E-state index contributed by atoms with van der Waals surface area (Å²) in [6.45, 7) is 2.26. The Kier molecular flexibility index (Phi) is 6.07. The zero-order valence-electron chi connectivity index (χ0n) is 15.9. The van der Waals surface area contributed by atoms with E-state index >= 15 is 0 Å². The number of anilines is 1. The number of para-hydroxylation sites is 1. The van der Waals surface area contributed by atoms with Gasteiger partial charge in [0.2, 0.25) is 5.91 Å². The molecule has 2 aromatic carbocycles. The topological polar surface area (TPSA) is 78.1 Å². The highest BCUT2D eigenvalue weighted by Gasteiger charge is 2.21. The fourth-order valence-electron chi connectivity index (χ4n) is 3.36. The first kappa shape index (κ1) is 19.4. The van der Waals surface area contributed by atoms with Gasteiger partial charge in [-0.05, 0) is 17.7 Å². The van der Waals surface area contributed by atoms with Crippen LogP contribution < -0.4 is 10.9 Å². The van der Waals surface area contributed by atoms with Gasteiger partial charge in [0, 0.05) is 31.7 Å². The van der Waals surface area contributed by atoms with E-state index in [0.717, 1.165) is 36.5 Å². The fourth-order valence-corrected chi connectivity index (χ4v) is 4.04. The Hall–Kier alpha value is -2.90. The van der Waals surface area contributed by atoms with E-state index in [1.165, 1.54) is 17.3 Å². The minimum Gasteiger partial charge on any atom is -0.325 e. The number of H-pyrrole nitrogens is 1. The molecular formula is C22H22N4O2S. The second-order valence-electron chi connectivity index (χ2n) is 6.95. The summed E-state index contributed by atoms with van der Waals surface area (Å²) in [6, 6.07) is 19.6. The number of thioether (sulfide) groups is 1. The van der Waals surface area contributed by atoms with Gasteiger partial charge in [0.1, 0.15) is 0 Å². The number of benzene rings is 2. The highest BCUT2D eigenvalue weighted by Crippen LogP contribution is 2.19. The van der Waals surface area contributed by atoms with Crippen molar-refractivity contribution in [2.75, 3.05) is 17.6 Å². The van der Waals surface area contributed by atoms with E-state index in [0.29, 0.717) is 11.7 Å². The Morgan fingerprint density at radius 3 is 2.59 bits per heavy atom. The first-order valence-electron chi connectivity index (χ1n) is 9.53. The van der Waals surface area contributed by atoms with Crippen molar-refractivity contribution >= 4 is 23.4 Å². The van der Waals surface area contributed by atoms with Gasteiger partial charge in [-0.25, -0.2) is 4.98 Å². The predicted molar refractivity (Wildman–Crippen MR) is 115 cm³/mol. The molecule has 0 spiro atoms. The summed E-state index contributed by atoms with van der Waals surface area (Å²) in [4.78, 5) is 34.4. The average Bonchev–Trinajstić information content (AvgIpc) is 2.74. The summed E-state index contributed by atoms with van der Waals surface area (Å²) in [5, 5.41) is 3.33. The van der Waals surface area contributed by atoms with Crippen LogP contribution in [0.4, 0.5) is 5.69 Å². The van der Waals surface area contributed by atoms with Crippen LogP contribution in [0.3, 0.4) is 0 Å². The number of carbonyl (C=O) groups is 1. The van der Waals surface area contributed by atoms with Crippen molar-refractivity contribution in [3.8, 4) is 0 Å². The maximum atomic E-state index is 12.6. The van der Waals surface area contributed by atoms with Crippen LogP contribution in [0.1, 0.15) is 16.8 Å². The molecule has 0 unspecified atom stereocenters. The number of rotatable bonds is 6. The van der Waals surface area contributed by atoms with Crippen LogP contribution in [-0.2, 0) is 24.3 Å². The largest absolute Gasteiger partial charge is 0.325 e. The fraction of sp³-hybridized carbons (Fsp3) is 0.227. The molecule has 3 aromatic rings. The van der Waals surface area contributed by atoms with Crippen LogP contribution >= 0.6 is 11.8 Å². The molecule has 1 amide bonds. The van der Waals surface area contributed by atoms with Gasteiger partial charge in [0.15, 0.2) is 5.16 Å². The third-order valence-electron chi connectivity index (χ3n) is 4.77. The summed E-state index contributed by atoms with van der Waals surface area (Å²) in [6.07, 6.45) is 0.732. The Morgan fingerprint density at radius 1 is 1.10 bits per heavy atom. The van der Waals surface area contributed by atoms with Crippen molar-refractivity contribution < 1.29 is 4.79 Å². The van der Waals surface area contributed by atoms with E-state index in [9.17, 15) is 9.59 Å². The molecule has 0 saturated heterocycles. The smallest absolute Gasteiger partial charge is 0.256 e. The number of nitrogens with zero attached hydrogens (tertiary/aromatic N) is 2. The van der Waals surface area contributed by atoms with E-state index in [2.05, 4.69) is 32.3 Å². The zero-order chi connectivity index (χ0) is 20.1. The van der Waals surface area contributed by atoms with Gasteiger partial charge in [0.25, 0.3) is 5.56 Å². The Balaban J connectivity index is 1.37. The Morgan fingerprint density at radius 2 is 1.83 bits per heavy atom. The molecule has 0 saturated carbocycles. The van der Waals surface area contributed by atoms with Gasteiger partial charge in [-0.3, -0.25) is 14.5 Å². The van der Waals surface area contributed by atoms with E-state index in [1.54, 1.807) is 0 Å². The number of hydrogen-bond acceptors (Lipinski definition) is 5. The van der Waals surface area contributed by atoms with Crippen molar-refractivity contribution in [2.45, 2.75) is 24.7 Å². The maximum Gasteiger partial charge on any atom is 0.256 e. The van der Waals surface area contributed by atoms with Gasteiger partial charge >= 0.3 is 0 Å². The molecule has 7 heteroatoms. The van der Waals surface area contributed by atoms with Crippen LogP contribution in [0.2, 0.25) is 0 Å². The third kappa shape index (κ3) is 5.13. The maximum absolute atomic E-state index is 12.6. The lowest BCUT2D eigenvalue weighted by Gasteiger charge is -2.27. The minimum atomic E-state index is -0.129. The van der Waals surface area contributed by atoms with Crippen LogP contribution in [0.5, 0.6) is 0 Å². The van der Waals surface area contributed by atoms with Gasteiger partial charge in [-0.2, -0.15) is 0 Å². The Bertz CT molecular complexity index is 1040. The lowest BCUT2D eigenvalue weighted by Crippen LogP contribution is -2.35. The third-order valence-corrected chi connectivity index (χ3v) is 5.65. The van der Waals surface area contributed by atoms with Gasteiger partial charge in [-0.15, -0.1) is 0 Å². The number of fused-ring (bicyclic) bond motifs is 1. The molecule has 0 radical (unpaired) electrons. The summed E-state index contributed by atoms with van der Waals surface area (Å²) >= 11 is 1.25. The lowest BCUT2D eigenvalue weighted by atomic mass is 10.1. The molecule has 29 heavy (non-hydrogen) atoms. The molecule has 1 aliphatic rings. The predicted octanol–water partition coefficient (Wildman–Crippen LogP) is 3.06. The zero-order valence-corrected chi connectivity index (χ0v) is 16.7. The Labute approximate surface area is 173 Å². The molecule has 0 fully saturated rings.